The molecule has 0 radical (unpaired) electrons. The van der Waals surface area contributed by atoms with Crippen molar-refractivity contribution in [3.63, 3.8) is 0 Å². The zero-order chi connectivity index (χ0) is 10.4. The van der Waals surface area contributed by atoms with Crippen molar-refractivity contribution >= 4 is 10.4 Å². The highest BCUT2D eigenvalue weighted by Crippen LogP contribution is 2.00. The summed E-state index contributed by atoms with van der Waals surface area (Å²) in [6.45, 7) is 0.0593. The van der Waals surface area contributed by atoms with Crippen molar-refractivity contribution in [2.75, 3.05) is 6.61 Å². The summed E-state index contributed by atoms with van der Waals surface area (Å²) in [5.41, 5.74) is 0.992. The smallest absolute Gasteiger partial charge is 0.262 e. The Balaban J connectivity index is 2.23. The molecule has 6 heteroatoms. The topological polar surface area (TPSA) is 72.8 Å². The molecule has 5 nitrogen and oxygen atoms in total. The maximum absolute atomic E-state index is 10.1. The Morgan fingerprint density at radius 1 is 1.21 bits per heavy atom. The largest absolute Gasteiger partial charge is 0.424 e. The third-order valence-corrected chi connectivity index (χ3v) is 1.72. The van der Waals surface area contributed by atoms with E-state index >= 15 is 0 Å². The van der Waals surface area contributed by atoms with Gasteiger partial charge in [0, 0.05) is 0 Å². The first-order valence-corrected chi connectivity index (χ1v) is 5.27. The predicted octanol–water partition coefficient (Wildman–Crippen LogP) is 0.980. The molecule has 1 aromatic rings. The minimum Gasteiger partial charge on any atom is -0.262 e. The van der Waals surface area contributed by atoms with Gasteiger partial charge < -0.3 is 0 Å². The van der Waals surface area contributed by atoms with E-state index in [0.717, 1.165) is 5.56 Å². The van der Waals surface area contributed by atoms with Crippen LogP contribution in [0.3, 0.4) is 0 Å². The van der Waals surface area contributed by atoms with Crippen molar-refractivity contribution < 1.29 is 22.2 Å². The lowest BCUT2D eigenvalue weighted by Crippen LogP contribution is -2.06. The van der Waals surface area contributed by atoms with Gasteiger partial charge in [0.1, 0.15) is 0 Å². The average molecular weight is 218 g/mol. The molecule has 0 amide bonds. The van der Waals surface area contributed by atoms with Crippen LogP contribution in [-0.4, -0.2) is 19.6 Å². The lowest BCUT2D eigenvalue weighted by molar-refractivity contribution is -0.206. The molecule has 1 aromatic carbocycles. The fourth-order valence-electron chi connectivity index (χ4n) is 0.899. The van der Waals surface area contributed by atoms with Crippen LogP contribution in [0.4, 0.5) is 0 Å². The standard InChI is InChI=1S/C8H10O5S/c9-14(10,11)13-12-7-6-8-4-2-1-3-5-8/h1-5H,6-7H2,(H,9,10,11). The lowest BCUT2D eigenvalue weighted by atomic mass is 10.2. The lowest BCUT2D eigenvalue weighted by Gasteiger charge is -2.00. The highest BCUT2D eigenvalue weighted by Gasteiger charge is 2.04. The molecule has 0 saturated carbocycles. The quantitative estimate of drug-likeness (QED) is 0.345. The second-order valence-electron chi connectivity index (χ2n) is 2.55. The predicted molar refractivity (Wildman–Crippen MR) is 48.7 cm³/mol. The number of hydrogen-bond donors (Lipinski definition) is 1. The molecule has 1 N–H and O–H groups in total. The molecule has 0 bridgehead atoms. The van der Waals surface area contributed by atoms with Crippen molar-refractivity contribution in [1.82, 2.24) is 0 Å². The van der Waals surface area contributed by atoms with Crippen LogP contribution in [0.5, 0.6) is 0 Å². The van der Waals surface area contributed by atoms with Gasteiger partial charge in [0.15, 0.2) is 0 Å². The Labute approximate surface area is 82.2 Å². The molecule has 1 rings (SSSR count). The SMILES string of the molecule is O=S(=O)(O)OOCCc1ccccc1. The van der Waals surface area contributed by atoms with Crippen molar-refractivity contribution in [2.24, 2.45) is 0 Å². The molecule has 0 unspecified atom stereocenters. The highest BCUT2D eigenvalue weighted by atomic mass is 32.3. The normalized spacial score (nSPS) is 11.5. The third kappa shape index (κ3) is 4.93. The third-order valence-electron chi connectivity index (χ3n) is 1.45. The second-order valence-corrected chi connectivity index (χ2v) is 3.54. The summed E-state index contributed by atoms with van der Waals surface area (Å²) in [4.78, 5) is 4.26. The van der Waals surface area contributed by atoms with Crippen molar-refractivity contribution in [3.05, 3.63) is 35.9 Å². The van der Waals surface area contributed by atoms with E-state index in [1.54, 1.807) is 0 Å². The van der Waals surface area contributed by atoms with Gasteiger partial charge in [-0.2, -0.15) is 8.42 Å². The van der Waals surface area contributed by atoms with Gasteiger partial charge in [-0.3, -0.25) is 4.55 Å². The van der Waals surface area contributed by atoms with Gasteiger partial charge >= 0.3 is 10.4 Å². The van der Waals surface area contributed by atoms with E-state index in [4.69, 9.17) is 4.55 Å². The summed E-state index contributed by atoms with van der Waals surface area (Å²) < 4.78 is 31.9. The monoisotopic (exact) mass is 218 g/mol. The van der Waals surface area contributed by atoms with Crippen LogP contribution in [0.1, 0.15) is 5.56 Å². The molecular formula is C8H10O5S. The van der Waals surface area contributed by atoms with Crippen LogP contribution in [-0.2, 0) is 26.0 Å². The molecule has 0 aliphatic rings. The van der Waals surface area contributed by atoms with Crippen LogP contribution in [0, 0.1) is 0 Å². The van der Waals surface area contributed by atoms with Crippen LogP contribution < -0.4 is 0 Å². The second kappa shape index (κ2) is 5.06. The van der Waals surface area contributed by atoms with E-state index in [2.05, 4.69) is 9.22 Å². The number of rotatable bonds is 5. The molecule has 0 aromatic heterocycles. The van der Waals surface area contributed by atoms with E-state index in [1.807, 2.05) is 30.3 Å². The van der Waals surface area contributed by atoms with E-state index in [1.165, 1.54) is 0 Å². The van der Waals surface area contributed by atoms with Crippen LogP contribution in [0.15, 0.2) is 30.3 Å². The molecule has 0 heterocycles. The summed E-state index contributed by atoms with van der Waals surface area (Å²) in [5.74, 6) is 0. The zero-order valence-corrected chi connectivity index (χ0v) is 8.11. The van der Waals surface area contributed by atoms with Gasteiger partial charge in [-0.25, -0.2) is 4.89 Å². The van der Waals surface area contributed by atoms with Gasteiger partial charge in [-0.05, 0) is 12.0 Å². The Bertz CT molecular complexity index is 359. The summed E-state index contributed by atoms with van der Waals surface area (Å²) in [6, 6.07) is 9.34. The van der Waals surface area contributed by atoms with E-state index < -0.39 is 10.4 Å². The fourth-order valence-corrected chi connectivity index (χ4v) is 1.09. The molecule has 0 aliphatic carbocycles. The van der Waals surface area contributed by atoms with Gasteiger partial charge in [-0.15, -0.1) is 0 Å². The van der Waals surface area contributed by atoms with Crippen molar-refractivity contribution in [1.29, 1.82) is 0 Å². The molecule has 0 spiro atoms. The van der Waals surface area contributed by atoms with Gasteiger partial charge in [-0.1, -0.05) is 34.7 Å². The first-order valence-electron chi connectivity index (χ1n) is 3.90. The number of benzene rings is 1. The maximum atomic E-state index is 10.1. The van der Waals surface area contributed by atoms with Crippen LogP contribution in [0.25, 0.3) is 0 Å². The van der Waals surface area contributed by atoms with Crippen LogP contribution in [0.2, 0.25) is 0 Å². The molecule has 0 fully saturated rings. The summed E-state index contributed by atoms with van der Waals surface area (Å²) in [7, 11) is -4.50. The molecular weight excluding hydrogens is 208 g/mol. The van der Waals surface area contributed by atoms with Gasteiger partial charge in [0.2, 0.25) is 0 Å². The van der Waals surface area contributed by atoms with Gasteiger partial charge in [0.25, 0.3) is 0 Å². The van der Waals surface area contributed by atoms with Crippen LogP contribution >= 0.6 is 0 Å². The molecule has 0 atom stereocenters. The minimum atomic E-state index is -4.50. The first-order chi connectivity index (χ1) is 6.58. The van der Waals surface area contributed by atoms with E-state index in [9.17, 15) is 8.42 Å². The molecule has 0 saturated heterocycles. The Morgan fingerprint density at radius 3 is 2.43 bits per heavy atom. The van der Waals surface area contributed by atoms with Gasteiger partial charge in [0.05, 0.1) is 6.61 Å². The first kappa shape index (κ1) is 11.1. The Hall–Kier alpha value is -0.950. The Kier molecular flexibility index (Phi) is 4.02. The minimum absolute atomic E-state index is 0.0593. The van der Waals surface area contributed by atoms with Crippen molar-refractivity contribution in [2.45, 2.75) is 6.42 Å². The molecule has 0 aliphatic heterocycles. The summed E-state index contributed by atoms with van der Waals surface area (Å²) >= 11 is 0. The summed E-state index contributed by atoms with van der Waals surface area (Å²) in [5, 5.41) is 0. The van der Waals surface area contributed by atoms with Crippen molar-refractivity contribution in [3.8, 4) is 0 Å². The average Bonchev–Trinajstić information content (AvgIpc) is 2.13. The fraction of sp³-hybridized carbons (Fsp3) is 0.250. The van der Waals surface area contributed by atoms with E-state index in [0.29, 0.717) is 6.42 Å². The van der Waals surface area contributed by atoms with E-state index in [-0.39, 0.29) is 6.61 Å². The summed E-state index contributed by atoms with van der Waals surface area (Å²) in [6.07, 6.45) is 0.510. The zero-order valence-electron chi connectivity index (χ0n) is 7.29. The number of hydrogen-bond acceptors (Lipinski definition) is 4. The Morgan fingerprint density at radius 2 is 1.86 bits per heavy atom. The molecule has 14 heavy (non-hydrogen) atoms. The highest BCUT2D eigenvalue weighted by molar-refractivity contribution is 7.80. The molecule has 78 valence electrons. The maximum Gasteiger partial charge on any atom is 0.424 e.